The van der Waals surface area contributed by atoms with Crippen molar-refractivity contribution in [3.05, 3.63) is 17.0 Å². The Morgan fingerprint density at radius 2 is 2.70 bits per heavy atom. The quantitative estimate of drug-likeness (QED) is 0.633. The van der Waals surface area contributed by atoms with E-state index in [0.29, 0.717) is 0 Å². The Morgan fingerprint density at radius 1 is 1.90 bits per heavy atom. The van der Waals surface area contributed by atoms with Crippen molar-refractivity contribution in [1.82, 2.24) is 9.97 Å². The fourth-order valence-corrected chi connectivity index (χ4v) is 0.683. The maximum absolute atomic E-state index is 7.38. The highest BCUT2D eigenvalue weighted by Crippen LogP contribution is 2.07. The van der Waals surface area contributed by atoms with Gasteiger partial charge in [-0.2, -0.15) is 0 Å². The summed E-state index contributed by atoms with van der Waals surface area (Å²) < 4.78 is 35.8. The summed E-state index contributed by atoms with van der Waals surface area (Å²) in [5, 5.41) is -0.0920. The minimum atomic E-state index is -2.87. The molecule has 3 nitrogen and oxygen atoms in total. The van der Waals surface area contributed by atoms with Gasteiger partial charge in [-0.05, 0) is 0 Å². The largest absolute Gasteiger partial charge is 0.384 e. The second-order valence-corrected chi connectivity index (χ2v) is 1.95. The molecule has 0 unspecified atom stereocenters. The van der Waals surface area contributed by atoms with Gasteiger partial charge in [0.05, 0.1) is 0 Å². The molecule has 0 saturated carbocycles. The van der Waals surface area contributed by atoms with Crippen molar-refractivity contribution < 1.29 is 6.85 Å². The van der Waals surface area contributed by atoms with Gasteiger partial charge in [0.15, 0.2) is 0 Å². The van der Waals surface area contributed by atoms with E-state index < -0.39 is 19.0 Å². The number of hydrogen-bond donors (Lipinski definition) is 1. The molecule has 0 bridgehead atoms. The average molecular weight is 163 g/mol. The number of anilines is 1. The third-order valence-electron chi connectivity index (χ3n) is 0.827. The maximum atomic E-state index is 7.38. The van der Waals surface area contributed by atoms with E-state index in [4.69, 9.17) is 24.2 Å². The van der Waals surface area contributed by atoms with Crippen LogP contribution in [0.2, 0.25) is 5.15 Å². The molecular weight excluding hydrogens is 150 g/mol. The molecule has 0 atom stereocenters. The highest BCUT2D eigenvalue weighted by molar-refractivity contribution is 6.29. The Kier molecular flexibility index (Phi) is 0.864. The molecule has 0 aromatic carbocycles. The van der Waals surface area contributed by atoms with Crippen LogP contribution in [0.1, 0.15) is 19.5 Å². The fourth-order valence-electron chi connectivity index (χ4n) is 0.491. The molecule has 0 amide bonds. The van der Waals surface area contributed by atoms with Crippen molar-refractivity contribution in [1.29, 1.82) is 0 Å². The van der Waals surface area contributed by atoms with Gasteiger partial charge in [-0.1, -0.05) is 18.5 Å². The fraction of sp³-hybridized carbons (Fsp3) is 0.333. The minimum Gasteiger partial charge on any atom is -0.384 e. The molecule has 0 aliphatic heterocycles. The Labute approximate surface area is 71.3 Å². The van der Waals surface area contributed by atoms with Gasteiger partial charge in [0.1, 0.15) is 16.8 Å². The Balaban J connectivity index is 3.27. The summed E-state index contributed by atoms with van der Waals surface area (Å²) >= 11 is 5.52. The first-order valence-corrected chi connectivity index (χ1v) is 2.83. The van der Waals surface area contributed by atoms with Crippen molar-refractivity contribution in [2.45, 2.75) is 13.2 Å². The lowest BCUT2D eigenvalue weighted by Gasteiger charge is -1.96. The number of aryl methyl sites for hydroxylation is 1. The van der Waals surface area contributed by atoms with Crippen LogP contribution in [0.15, 0.2) is 6.07 Å². The summed E-state index contributed by atoms with van der Waals surface area (Å²) in [6, 6.07) is 1.21. The highest BCUT2D eigenvalue weighted by Gasteiger charge is 1.96. The molecule has 54 valence electrons. The topological polar surface area (TPSA) is 51.8 Å². The number of aromatic nitrogens is 2. The van der Waals surface area contributed by atoms with Gasteiger partial charge in [0.25, 0.3) is 0 Å². The smallest absolute Gasteiger partial charge is 0.134 e. The molecule has 1 heterocycles. The zero-order valence-electron chi connectivity index (χ0n) is 9.93. The molecule has 0 spiro atoms. The monoisotopic (exact) mass is 162 g/mol. The van der Waals surface area contributed by atoms with Crippen LogP contribution in [0.25, 0.3) is 0 Å². The van der Waals surface area contributed by atoms with E-state index in [1.807, 2.05) is 0 Å². The van der Waals surface area contributed by atoms with Gasteiger partial charge >= 0.3 is 0 Å². The van der Waals surface area contributed by atoms with Crippen LogP contribution in [0, 0.1) is 0 Å². The average Bonchev–Trinajstić information content (AvgIpc) is 1.99. The predicted octanol–water partition coefficient (Wildman–Crippen LogP) is 1.27. The molecule has 1 aromatic rings. The van der Waals surface area contributed by atoms with E-state index in [2.05, 4.69) is 9.97 Å². The first-order chi connectivity index (χ1) is 6.64. The molecule has 0 saturated heterocycles. The number of halogens is 1. The Bertz CT molecular complexity index is 357. The first-order valence-electron chi connectivity index (χ1n) is 4.95. The predicted molar refractivity (Wildman–Crippen MR) is 40.8 cm³/mol. The number of rotatable bonds is 1. The third-order valence-corrected chi connectivity index (χ3v) is 1.02. The van der Waals surface area contributed by atoms with Gasteiger partial charge in [-0.3, -0.25) is 0 Å². The van der Waals surface area contributed by atoms with Crippen LogP contribution < -0.4 is 5.73 Å². The van der Waals surface area contributed by atoms with Crippen LogP contribution in [0.5, 0.6) is 0 Å². The highest BCUT2D eigenvalue weighted by atomic mass is 35.5. The lowest BCUT2D eigenvalue weighted by Crippen LogP contribution is -1.97. The van der Waals surface area contributed by atoms with Gasteiger partial charge in [0, 0.05) is 19.3 Å². The summed E-state index contributed by atoms with van der Waals surface area (Å²) in [4.78, 5) is 7.03. The Hall–Kier alpha value is -0.830. The SMILES string of the molecule is [2H]C([2H])([2H])C([2H])([2H])c1nc(N)cc(Cl)n1. The third kappa shape index (κ3) is 1.57. The summed E-state index contributed by atoms with van der Waals surface area (Å²) in [5.41, 5.74) is 5.31. The van der Waals surface area contributed by atoms with Crippen molar-refractivity contribution in [2.75, 3.05) is 5.73 Å². The second-order valence-electron chi connectivity index (χ2n) is 1.56. The van der Waals surface area contributed by atoms with E-state index in [1.54, 1.807) is 0 Å². The summed E-state index contributed by atoms with van der Waals surface area (Å²) in [5.74, 6) is -0.606. The Morgan fingerprint density at radius 3 is 3.30 bits per heavy atom. The zero-order chi connectivity index (χ0) is 11.9. The number of hydrogen-bond acceptors (Lipinski definition) is 3. The van der Waals surface area contributed by atoms with Gasteiger partial charge in [-0.25, -0.2) is 9.97 Å². The van der Waals surface area contributed by atoms with E-state index in [-0.39, 0.29) is 11.0 Å². The van der Waals surface area contributed by atoms with Crippen LogP contribution in [0.4, 0.5) is 5.82 Å². The second kappa shape index (κ2) is 2.84. The van der Waals surface area contributed by atoms with Crippen molar-refractivity contribution >= 4 is 17.4 Å². The number of nitrogens with two attached hydrogens (primary N) is 1. The van der Waals surface area contributed by atoms with E-state index in [9.17, 15) is 0 Å². The minimum absolute atomic E-state index is 0.0712. The summed E-state index contributed by atoms with van der Waals surface area (Å²) in [6.45, 7) is -2.87. The molecule has 4 heteroatoms. The maximum Gasteiger partial charge on any atom is 0.134 e. The van der Waals surface area contributed by atoms with Gasteiger partial charge in [0.2, 0.25) is 0 Å². The molecule has 0 fully saturated rings. The van der Waals surface area contributed by atoms with Crippen LogP contribution in [0.3, 0.4) is 0 Å². The molecule has 0 radical (unpaired) electrons. The van der Waals surface area contributed by atoms with Crippen LogP contribution in [-0.4, -0.2) is 9.97 Å². The number of nitrogen functional groups attached to an aromatic ring is 1. The molecule has 1 aromatic heterocycles. The van der Waals surface area contributed by atoms with Gasteiger partial charge in [-0.15, -0.1) is 0 Å². The van der Waals surface area contributed by atoms with Crippen LogP contribution in [-0.2, 0) is 6.37 Å². The molecule has 1 rings (SSSR count). The molecule has 2 N–H and O–H groups in total. The van der Waals surface area contributed by atoms with Crippen LogP contribution >= 0.6 is 11.6 Å². The zero-order valence-corrected chi connectivity index (χ0v) is 5.68. The molecule has 0 aliphatic carbocycles. The molecule has 0 aliphatic rings. The summed E-state index contributed by atoms with van der Waals surface area (Å²) in [6.07, 6.45) is -2.67. The number of nitrogens with zero attached hydrogens (tertiary/aromatic N) is 2. The standard InChI is InChI=1S/C6H8ClN3/c1-2-6-9-4(7)3-5(8)10-6/h3H,2H2,1H3,(H2,8,9,10)/i1D3,2D2. The van der Waals surface area contributed by atoms with Crippen molar-refractivity contribution in [3.63, 3.8) is 0 Å². The van der Waals surface area contributed by atoms with Gasteiger partial charge < -0.3 is 5.73 Å². The lowest BCUT2D eigenvalue weighted by atomic mass is 10.4. The van der Waals surface area contributed by atoms with Crippen molar-refractivity contribution in [2.24, 2.45) is 0 Å². The normalized spacial score (nSPS) is 19.9. The summed E-state index contributed by atoms with van der Waals surface area (Å²) in [7, 11) is 0. The van der Waals surface area contributed by atoms with E-state index in [1.165, 1.54) is 6.07 Å². The molecular formula is C6H8ClN3. The lowest BCUT2D eigenvalue weighted by molar-refractivity contribution is 0.945. The van der Waals surface area contributed by atoms with Crippen molar-refractivity contribution in [3.8, 4) is 0 Å². The first kappa shape index (κ1) is 3.05. The van der Waals surface area contributed by atoms with E-state index >= 15 is 0 Å². The van der Waals surface area contributed by atoms with E-state index in [0.717, 1.165) is 0 Å². The molecule has 10 heavy (non-hydrogen) atoms.